The predicted octanol–water partition coefficient (Wildman–Crippen LogP) is 3.64. The molecule has 0 aromatic heterocycles. The van der Waals surface area contributed by atoms with E-state index in [0.717, 1.165) is 6.42 Å². The van der Waals surface area contributed by atoms with E-state index in [9.17, 15) is 4.79 Å². The Hall–Kier alpha value is -0.693. The van der Waals surface area contributed by atoms with Gasteiger partial charge in [-0.2, -0.15) is 0 Å². The summed E-state index contributed by atoms with van der Waals surface area (Å²) in [7, 11) is -3.11. The van der Waals surface area contributed by atoms with E-state index >= 15 is 0 Å². The van der Waals surface area contributed by atoms with Crippen molar-refractivity contribution in [3.63, 3.8) is 0 Å². The van der Waals surface area contributed by atoms with E-state index in [2.05, 4.69) is 0 Å². The normalized spacial score (nSPS) is 13.3. The highest BCUT2D eigenvalue weighted by Gasteiger charge is 2.43. The molecule has 0 N–H and O–H groups in total. The molecular formula is C16H32O5Si. The third kappa shape index (κ3) is 8.68. The van der Waals surface area contributed by atoms with Gasteiger partial charge in [0.2, 0.25) is 0 Å². The fourth-order valence-corrected chi connectivity index (χ4v) is 4.79. The van der Waals surface area contributed by atoms with Crippen LogP contribution in [0.1, 0.15) is 61.8 Å². The molecular weight excluding hydrogens is 300 g/mol. The second-order valence-corrected chi connectivity index (χ2v) is 8.27. The summed E-state index contributed by atoms with van der Waals surface area (Å²) in [4.78, 5) is 12.0. The highest BCUT2D eigenvalue weighted by molar-refractivity contribution is 6.67. The van der Waals surface area contributed by atoms with Crippen LogP contribution in [0.25, 0.3) is 0 Å². The number of ether oxygens (including phenoxy) is 1. The first-order valence-electron chi connectivity index (χ1n) is 8.01. The second-order valence-electron chi connectivity index (χ2n) is 6.07. The van der Waals surface area contributed by atoms with Gasteiger partial charge < -0.3 is 18.0 Å². The van der Waals surface area contributed by atoms with Crippen LogP contribution in [-0.2, 0) is 22.8 Å². The van der Waals surface area contributed by atoms with E-state index in [1.165, 1.54) is 0 Å². The molecule has 0 saturated carbocycles. The van der Waals surface area contributed by atoms with Crippen LogP contribution in [0.5, 0.6) is 0 Å². The van der Waals surface area contributed by atoms with Crippen LogP contribution in [0, 0.1) is 0 Å². The molecule has 0 unspecified atom stereocenters. The van der Waals surface area contributed by atoms with Crippen molar-refractivity contribution in [3.05, 3.63) is 11.3 Å². The summed E-state index contributed by atoms with van der Waals surface area (Å²) in [5, 5.41) is 0. The summed E-state index contributed by atoms with van der Waals surface area (Å²) in [6.07, 6.45) is 0.578. The number of rotatable bonds is 10. The Morgan fingerprint density at radius 2 is 1.36 bits per heavy atom. The van der Waals surface area contributed by atoms with Crippen LogP contribution in [0.15, 0.2) is 11.3 Å². The molecule has 0 aromatic carbocycles. The SMILES string of the molecule is CCCOC(=O)/C(C)=C/[Si](OC(C)C)(OC(C)C)OC(C)C. The average molecular weight is 333 g/mol. The molecule has 0 spiro atoms. The Kier molecular flexibility index (Phi) is 9.83. The van der Waals surface area contributed by atoms with Gasteiger partial charge in [-0.15, -0.1) is 0 Å². The smallest absolute Gasteiger partial charge is 0.462 e. The highest BCUT2D eigenvalue weighted by atomic mass is 28.4. The molecule has 0 heterocycles. The van der Waals surface area contributed by atoms with Crippen LogP contribution < -0.4 is 0 Å². The first kappa shape index (κ1) is 21.3. The molecule has 0 saturated heterocycles. The lowest BCUT2D eigenvalue weighted by molar-refractivity contribution is -0.139. The van der Waals surface area contributed by atoms with Gasteiger partial charge in [-0.3, -0.25) is 0 Å². The molecule has 0 aliphatic rings. The molecule has 0 radical (unpaired) electrons. The van der Waals surface area contributed by atoms with Crippen LogP contribution in [0.2, 0.25) is 0 Å². The van der Waals surface area contributed by atoms with Gasteiger partial charge in [-0.1, -0.05) is 6.92 Å². The molecule has 0 aliphatic carbocycles. The van der Waals surface area contributed by atoms with Gasteiger partial charge in [0.1, 0.15) is 0 Å². The lowest BCUT2D eigenvalue weighted by Crippen LogP contribution is -2.50. The van der Waals surface area contributed by atoms with E-state index in [4.69, 9.17) is 18.0 Å². The van der Waals surface area contributed by atoms with Crippen molar-refractivity contribution in [1.29, 1.82) is 0 Å². The van der Waals surface area contributed by atoms with E-state index in [1.807, 2.05) is 48.5 Å². The first-order valence-corrected chi connectivity index (χ1v) is 9.82. The molecule has 0 rings (SSSR count). The summed E-state index contributed by atoms with van der Waals surface area (Å²) >= 11 is 0. The molecule has 22 heavy (non-hydrogen) atoms. The van der Waals surface area contributed by atoms with Crippen molar-refractivity contribution in [3.8, 4) is 0 Å². The number of carbonyl (C=O) groups is 1. The number of esters is 1. The minimum Gasteiger partial charge on any atom is -0.462 e. The van der Waals surface area contributed by atoms with E-state index in [-0.39, 0.29) is 24.3 Å². The third-order valence-corrected chi connectivity index (χ3v) is 5.54. The molecule has 5 nitrogen and oxygen atoms in total. The number of hydrogen-bond donors (Lipinski definition) is 0. The summed E-state index contributed by atoms with van der Waals surface area (Å²) in [5.74, 6) is -0.356. The maximum Gasteiger partial charge on any atom is 0.530 e. The Balaban J connectivity index is 5.44. The molecule has 0 aliphatic heterocycles. The first-order chi connectivity index (χ1) is 10.1. The Morgan fingerprint density at radius 3 is 1.68 bits per heavy atom. The van der Waals surface area contributed by atoms with Crippen molar-refractivity contribution >= 4 is 14.8 Å². The number of carbonyl (C=O) groups excluding carboxylic acids is 1. The Bertz CT molecular complexity index is 337. The van der Waals surface area contributed by atoms with Crippen molar-refractivity contribution in [2.45, 2.75) is 80.1 Å². The zero-order valence-electron chi connectivity index (χ0n) is 15.3. The quantitative estimate of drug-likeness (QED) is 0.347. The van der Waals surface area contributed by atoms with Gasteiger partial charge >= 0.3 is 14.8 Å². The van der Waals surface area contributed by atoms with E-state index < -0.39 is 8.80 Å². The van der Waals surface area contributed by atoms with Crippen LogP contribution in [-0.4, -0.2) is 39.7 Å². The fraction of sp³-hybridized carbons (Fsp3) is 0.812. The second kappa shape index (κ2) is 10.2. The summed E-state index contributed by atoms with van der Waals surface area (Å²) < 4.78 is 23.1. The summed E-state index contributed by atoms with van der Waals surface area (Å²) in [5.41, 5.74) is 2.16. The predicted molar refractivity (Wildman–Crippen MR) is 89.4 cm³/mol. The largest absolute Gasteiger partial charge is 0.530 e. The van der Waals surface area contributed by atoms with Crippen molar-refractivity contribution in [1.82, 2.24) is 0 Å². The van der Waals surface area contributed by atoms with Gasteiger partial charge in [-0.05, 0) is 60.6 Å². The molecule has 0 aromatic rings. The van der Waals surface area contributed by atoms with Gasteiger partial charge in [0.25, 0.3) is 0 Å². The monoisotopic (exact) mass is 332 g/mol. The lowest BCUT2D eigenvalue weighted by atomic mass is 10.4. The highest BCUT2D eigenvalue weighted by Crippen LogP contribution is 2.21. The molecule has 0 fully saturated rings. The van der Waals surface area contributed by atoms with Crippen molar-refractivity contribution < 1.29 is 22.8 Å². The van der Waals surface area contributed by atoms with Gasteiger partial charge in [0.15, 0.2) is 0 Å². The zero-order chi connectivity index (χ0) is 17.3. The minimum atomic E-state index is -3.11. The maximum atomic E-state index is 12.0. The van der Waals surface area contributed by atoms with Crippen LogP contribution >= 0.6 is 0 Å². The Morgan fingerprint density at radius 1 is 0.955 bits per heavy atom. The van der Waals surface area contributed by atoms with Crippen molar-refractivity contribution in [2.75, 3.05) is 6.61 Å². The fourth-order valence-electron chi connectivity index (χ4n) is 1.80. The average Bonchev–Trinajstić information content (AvgIpc) is 2.32. The minimum absolute atomic E-state index is 0.0696. The van der Waals surface area contributed by atoms with Crippen LogP contribution in [0.4, 0.5) is 0 Å². The van der Waals surface area contributed by atoms with Gasteiger partial charge in [0.05, 0.1) is 6.61 Å². The molecule has 0 amide bonds. The van der Waals surface area contributed by atoms with E-state index in [0.29, 0.717) is 12.2 Å². The van der Waals surface area contributed by atoms with Gasteiger partial charge in [-0.25, -0.2) is 4.79 Å². The van der Waals surface area contributed by atoms with Crippen LogP contribution in [0.3, 0.4) is 0 Å². The third-order valence-electron chi connectivity index (χ3n) is 2.35. The number of hydrogen-bond acceptors (Lipinski definition) is 5. The van der Waals surface area contributed by atoms with Gasteiger partial charge in [0, 0.05) is 23.9 Å². The molecule has 0 atom stereocenters. The molecule has 130 valence electrons. The summed E-state index contributed by atoms with van der Waals surface area (Å²) in [6, 6.07) is 0. The van der Waals surface area contributed by atoms with E-state index in [1.54, 1.807) is 12.6 Å². The topological polar surface area (TPSA) is 54.0 Å². The molecule has 0 bridgehead atoms. The summed E-state index contributed by atoms with van der Waals surface area (Å²) in [6.45, 7) is 15.6. The lowest BCUT2D eigenvalue weighted by Gasteiger charge is -2.32. The maximum absolute atomic E-state index is 12.0. The van der Waals surface area contributed by atoms with Crippen molar-refractivity contribution in [2.24, 2.45) is 0 Å². The standard InChI is InChI=1S/C16H32O5Si/c1-9-10-18-16(17)15(8)11-22(19-12(2)3,20-13(4)5)21-14(6)7/h11-14H,9-10H2,1-8H3/b15-11+. The Labute approximate surface area is 136 Å². The molecule has 6 heteroatoms. The zero-order valence-corrected chi connectivity index (χ0v) is 16.3.